The Kier molecular flexibility index (Phi) is 5.30. The maximum absolute atomic E-state index is 15.6. The molecular formula is C41H40F5N3O3S. The van der Waals surface area contributed by atoms with Crippen molar-refractivity contribution in [2.45, 2.75) is 55.7 Å². The summed E-state index contributed by atoms with van der Waals surface area (Å²) in [5.74, 6) is -6.93. The van der Waals surface area contributed by atoms with E-state index in [0.29, 0.717) is 4.57 Å². The van der Waals surface area contributed by atoms with E-state index in [4.69, 9.17) is 30.2 Å². The minimum atomic E-state index is -5.48. The zero-order valence-electron chi connectivity index (χ0n) is 53.9. The molecule has 4 aromatic carbocycles. The van der Waals surface area contributed by atoms with Gasteiger partial charge in [0.25, 0.3) is 0 Å². The summed E-state index contributed by atoms with van der Waals surface area (Å²) in [6.07, 6.45) is -14.3. The van der Waals surface area contributed by atoms with E-state index in [2.05, 4.69) is 4.74 Å². The third-order valence-electron chi connectivity index (χ3n) is 7.30. The molecule has 12 heteroatoms. The molecule has 0 bridgehead atoms. The zero-order chi connectivity index (χ0) is 61.3. The number of likely N-dealkylation sites (tertiary alicyclic amines) is 1. The number of pyridine rings is 1. The van der Waals surface area contributed by atoms with Gasteiger partial charge >= 0.3 is 6.18 Å². The van der Waals surface area contributed by atoms with E-state index in [1.54, 1.807) is 0 Å². The number of para-hydroxylation sites is 1. The summed E-state index contributed by atoms with van der Waals surface area (Å²) < 4.78 is 309. The monoisotopic (exact) mass is 776 g/mol. The van der Waals surface area contributed by atoms with Gasteiger partial charge in [0.05, 0.1) is 48.8 Å². The molecule has 0 aliphatic carbocycles. The predicted octanol–water partition coefficient (Wildman–Crippen LogP) is 8.71. The molecule has 0 unspecified atom stereocenters. The van der Waals surface area contributed by atoms with Crippen LogP contribution in [0.15, 0.2) is 100 Å². The molecule has 1 aromatic heterocycles. The van der Waals surface area contributed by atoms with Crippen molar-refractivity contribution in [3.8, 4) is 11.1 Å². The normalized spacial score (nSPS) is 26.1. The van der Waals surface area contributed by atoms with Crippen LogP contribution in [0.25, 0.3) is 22.0 Å². The Morgan fingerprint density at radius 2 is 1.74 bits per heavy atom. The summed E-state index contributed by atoms with van der Waals surface area (Å²) in [6.45, 7) is -13.3. The van der Waals surface area contributed by atoms with Crippen LogP contribution in [0, 0.1) is 18.6 Å². The highest BCUT2D eigenvalue weighted by atomic mass is 32.2. The maximum atomic E-state index is 15.6. The molecule has 53 heavy (non-hydrogen) atoms. The van der Waals surface area contributed by atoms with Crippen LogP contribution in [0.5, 0.6) is 0 Å². The summed E-state index contributed by atoms with van der Waals surface area (Å²) in [4.78, 5) is 29.1. The first-order chi connectivity index (χ1) is 36.2. The van der Waals surface area contributed by atoms with Crippen molar-refractivity contribution >= 4 is 28.6 Å². The Bertz CT molecular complexity index is 3390. The number of thioether (sulfide) groups is 1. The lowest BCUT2D eigenvalue weighted by molar-refractivity contribution is -0.137. The van der Waals surface area contributed by atoms with Crippen LogP contribution < -0.4 is 5.43 Å². The summed E-state index contributed by atoms with van der Waals surface area (Å²) in [5.41, 5.74) is -9.50. The van der Waals surface area contributed by atoms with Crippen LogP contribution in [0.2, 0.25) is 0 Å². The van der Waals surface area contributed by atoms with Gasteiger partial charge < -0.3 is 19.1 Å². The fourth-order valence-corrected chi connectivity index (χ4v) is 5.61. The van der Waals surface area contributed by atoms with Crippen molar-refractivity contribution in [2.75, 3.05) is 33.2 Å². The highest BCUT2D eigenvalue weighted by Gasteiger charge is 2.31. The Hall–Kier alpha value is -4.52. The molecule has 1 amide bonds. The summed E-state index contributed by atoms with van der Waals surface area (Å²) >= 11 is 0.0556. The number of alkyl halides is 3. The second-order valence-electron chi connectivity index (χ2n) is 10.7. The first kappa shape index (κ1) is 16.9. The molecule has 1 fully saturated rings. The van der Waals surface area contributed by atoms with Gasteiger partial charge in [0, 0.05) is 72.9 Å². The van der Waals surface area contributed by atoms with E-state index < -0.39 is 240 Å². The van der Waals surface area contributed by atoms with Gasteiger partial charge in [-0.05, 0) is 72.1 Å². The van der Waals surface area contributed by atoms with Gasteiger partial charge in [-0.15, -0.1) is 11.8 Å². The van der Waals surface area contributed by atoms with Crippen molar-refractivity contribution in [1.29, 1.82) is 0 Å². The molecule has 0 radical (unpaired) electrons. The quantitative estimate of drug-likeness (QED) is 0.0938. The van der Waals surface area contributed by atoms with Crippen LogP contribution in [0.1, 0.15) is 72.0 Å². The molecule has 6 nitrogen and oxygen atoms in total. The second kappa shape index (κ2) is 16.7. The smallest absolute Gasteiger partial charge is 0.383 e. The van der Waals surface area contributed by atoms with Crippen molar-refractivity contribution in [2.24, 2.45) is 0 Å². The van der Waals surface area contributed by atoms with Crippen LogP contribution in [0.4, 0.5) is 22.0 Å². The minimum Gasteiger partial charge on any atom is -0.383 e. The number of nitrogens with zero attached hydrogens (tertiary/aromatic N) is 3. The SMILES string of the molecule is [2H]c1c([2H])c(F)c(F)c(CSc2c([2H])c(=O)c3c([2H])c([2H])c([2H])c([2H])c3n2CC(=O)N(Cc2c([2H])c([2H])c(-c3c([2H])c([2H])c(C(F)(F)F)c([2H])c3[2H])c([2H])c2C)C2([2H])C([2H])([2H])C([2H])([2H])N(CCOC([2H])([2H])[2H])C([2H])([2H])C2([2H])[2H])c1[2H]. The van der Waals surface area contributed by atoms with Crippen molar-refractivity contribution in [3.63, 3.8) is 0 Å². The highest BCUT2D eigenvalue weighted by Crippen LogP contribution is 2.32. The first-order valence-electron chi connectivity index (χ1n) is 28.4. The van der Waals surface area contributed by atoms with E-state index in [9.17, 15) is 29.2 Å². The molecule has 278 valence electrons. The van der Waals surface area contributed by atoms with E-state index in [-0.39, 0.29) is 21.6 Å². The summed E-state index contributed by atoms with van der Waals surface area (Å²) in [5, 5.41) is -2.04. The predicted molar refractivity (Wildman–Crippen MR) is 198 cm³/mol. The van der Waals surface area contributed by atoms with Gasteiger partial charge in [0.1, 0.15) is 6.54 Å². The molecule has 0 N–H and O–H groups in total. The van der Waals surface area contributed by atoms with Gasteiger partial charge in [0.2, 0.25) is 5.91 Å². The van der Waals surface area contributed by atoms with Crippen LogP contribution in [0.3, 0.4) is 0 Å². The van der Waals surface area contributed by atoms with E-state index >= 15 is 9.18 Å². The number of hydrogen-bond acceptors (Lipinski definition) is 5. The molecular weight excluding hydrogens is 710 g/mol. The third-order valence-corrected chi connectivity index (χ3v) is 8.33. The average Bonchev–Trinajstić information content (AvgIpc) is 3.50. The number of rotatable bonds is 12. The van der Waals surface area contributed by atoms with E-state index in [1.807, 2.05) is 0 Å². The number of benzene rings is 4. The number of amides is 1. The first-order valence-corrected chi connectivity index (χ1v) is 15.9. The number of ether oxygens (including phenoxy) is 1. The molecule has 0 atom stereocenters. The second-order valence-corrected chi connectivity index (χ2v) is 11.7. The molecule has 0 spiro atoms. The molecule has 1 aliphatic heterocycles. The van der Waals surface area contributed by atoms with Crippen molar-refractivity contribution < 1.29 is 68.5 Å². The topological polar surface area (TPSA) is 54.8 Å². The van der Waals surface area contributed by atoms with E-state index in [0.717, 1.165) is 6.92 Å². The summed E-state index contributed by atoms with van der Waals surface area (Å²) in [6, 6.07) is -24.1. The number of halogens is 5. The molecule has 1 aliphatic rings. The molecule has 5 aromatic rings. The lowest BCUT2D eigenvalue weighted by Gasteiger charge is -2.39. The summed E-state index contributed by atoms with van der Waals surface area (Å²) in [7, 11) is -3.25. The standard InChI is InChI=1S/C41H40F5N3O3S/c1-27-22-29(28-12-14-32(15-13-28)41(44,45)46)10-11-30(27)24-48(33-16-18-47(19-17-33)20-21-52-2)38(51)25-49-36-9-4-3-7-34(36)37(50)23-39(49)53-26-31-6-5-8-35(42)40(31)43/h3-15,22-23,33H,16-21,24-26H2,1-2H3/i2D3,3D,4D,5D,6D,7D,8D,9D,10D,11D,12D,13D,14D,15D,16D2,17D2,18D2,19D2,22D,23D,33D. The average molecular weight is 777 g/mol. The number of fused-ring (bicyclic) bond motifs is 1. The fourth-order valence-electron chi connectivity index (χ4n) is 4.65. The van der Waals surface area contributed by atoms with Crippen molar-refractivity contribution in [3.05, 3.63) is 135 Å². The number of hydrogen-bond donors (Lipinski definition) is 0. The van der Waals surface area contributed by atoms with Gasteiger partial charge in [-0.3, -0.25) is 9.59 Å². The maximum Gasteiger partial charge on any atom is 0.416 e. The Morgan fingerprint density at radius 1 is 1.00 bits per heavy atom. The Morgan fingerprint density at radius 3 is 2.47 bits per heavy atom. The lowest BCUT2D eigenvalue weighted by atomic mass is 9.97. The van der Waals surface area contributed by atoms with Gasteiger partial charge in [0.15, 0.2) is 17.1 Å². The molecule has 2 heterocycles. The highest BCUT2D eigenvalue weighted by molar-refractivity contribution is 7.98. The Labute approximate surface area is 347 Å². The number of piperidine rings is 1. The third kappa shape index (κ3) is 9.00. The molecule has 1 saturated heterocycles. The Balaban J connectivity index is 1.71. The van der Waals surface area contributed by atoms with Crippen LogP contribution >= 0.6 is 11.8 Å². The minimum absolute atomic E-state index is 0.0556. The number of carbonyl (C=O) groups excluding carboxylic acids is 1. The van der Waals surface area contributed by atoms with E-state index in [1.165, 1.54) is 0 Å². The zero-order valence-corrected chi connectivity index (χ0v) is 27.7. The van der Waals surface area contributed by atoms with Crippen LogP contribution in [-0.2, 0) is 34.6 Å². The molecule has 0 saturated carbocycles. The lowest BCUT2D eigenvalue weighted by Crippen LogP contribution is -2.48. The number of aromatic nitrogens is 1. The van der Waals surface area contributed by atoms with Gasteiger partial charge in [-0.25, -0.2) is 8.78 Å². The number of methoxy groups -OCH3 is 1. The fraction of sp³-hybridized carbons (Fsp3) is 0.317. The van der Waals surface area contributed by atoms with Gasteiger partial charge in [-0.2, -0.15) is 13.2 Å². The largest absolute Gasteiger partial charge is 0.416 e. The van der Waals surface area contributed by atoms with Crippen molar-refractivity contribution in [1.82, 2.24) is 14.4 Å². The van der Waals surface area contributed by atoms with Gasteiger partial charge in [-0.1, -0.05) is 54.4 Å². The molecule has 6 rings (SSSR count). The van der Waals surface area contributed by atoms with Crippen LogP contribution in [-0.4, -0.2) is 59.5 Å². The number of carbonyl (C=O) groups is 1.